The van der Waals surface area contributed by atoms with Gasteiger partial charge in [0.15, 0.2) is 6.61 Å². The van der Waals surface area contributed by atoms with Crippen LogP contribution in [0.2, 0.25) is 0 Å². The first-order valence-electron chi connectivity index (χ1n) is 6.67. The van der Waals surface area contributed by atoms with E-state index < -0.39 is 23.4 Å². The van der Waals surface area contributed by atoms with E-state index in [1.54, 1.807) is 6.07 Å². The molecule has 1 aromatic carbocycles. The first-order valence-corrected chi connectivity index (χ1v) is 6.67. The molecule has 0 aliphatic carbocycles. The molecule has 0 saturated carbocycles. The van der Waals surface area contributed by atoms with Gasteiger partial charge in [-0.1, -0.05) is 18.2 Å². The van der Waals surface area contributed by atoms with Gasteiger partial charge in [0.2, 0.25) is 5.91 Å². The number of ether oxygens (including phenoxy) is 1. The average molecular weight is 323 g/mol. The molecule has 124 valence electrons. The van der Waals surface area contributed by atoms with Gasteiger partial charge in [-0.05, 0) is 0 Å². The molecule has 0 heterocycles. The summed E-state index contributed by atoms with van der Waals surface area (Å²) in [6.45, 7) is -0.690. The first kappa shape index (κ1) is 18.1. The lowest BCUT2D eigenvalue weighted by Gasteiger charge is -2.15. The number of nitro benzene ring substituents is 1. The quantitative estimate of drug-likeness (QED) is 0.425. The Morgan fingerprint density at radius 3 is 2.57 bits per heavy atom. The number of hydrogen-bond acceptors (Lipinski definition) is 6. The van der Waals surface area contributed by atoms with Gasteiger partial charge in [0.1, 0.15) is 0 Å². The van der Waals surface area contributed by atoms with E-state index in [1.165, 1.54) is 32.3 Å². The lowest BCUT2D eigenvalue weighted by Crippen LogP contribution is -2.39. The molecular formula is C14H17N3O6. The van der Waals surface area contributed by atoms with Crippen LogP contribution >= 0.6 is 0 Å². The minimum atomic E-state index is -0.763. The summed E-state index contributed by atoms with van der Waals surface area (Å²) >= 11 is 0. The number of amides is 2. The average Bonchev–Trinajstić information content (AvgIpc) is 2.52. The largest absolute Gasteiger partial charge is 0.455 e. The standard InChI is InChI=1S/C14H17N3O6/c1-15-12(18)8-16(2)13(19)9-23-14(20)7-10-5-3-4-6-11(10)17(21)22/h3-6H,7-9H2,1-2H3,(H,15,18). The van der Waals surface area contributed by atoms with Crippen LogP contribution in [0.4, 0.5) is 5.69 Å². The number of nitro groups is 1. The van der Waals surface area contributed by atoms with Crippen LogP contribution in [0.15, 0.2) is 24.3 Å². The second-order valence-electron chi connectivity index (χ2n) is 4.65. The zero-order valence-electron chi connectivity index (χ0n) is 12.8. The summed E-state index contributed by atoms with van der Waals surface area (Å²) in [7, 11) is 2.83. The lowest BCUT2D eigenvalue weighted by molar-refractivity contribution is -0.385. The molecule has 0 saturated heterocycles. The number of benzene rings is 1. The smallest absolute Gasteiger partial charge is 0.311 e. The molecule has 2 amide bonds. The van der Waals surface area contributed by atoms with Crippen LogP contribution in [0.25, 0.3) is 0 Å². The highest BCUT2D eigenvalue weighted by atomic mass is 16.6. The molecule has 0 unspecified atom stereocenters. The number of carbonyl (C=O) groups excluding carboxylic acids is 3. The molecule has 0 aromatic heterocycles. The molecular weight excluding hydrogens is 306 g/mol. The van der Waals surface area contributed by atoms with Crippen LogP contribution in [-0.4, -0.2) is 54.9 Å². The second kappa shape index (κ2) is 8.47. The number of hydrogen-bond donors (Lipinski definition) is 1. The SMILES string of the molecule is CNC(=O)CN(C)C(=O)COC(=O)Cc1ccccc1[N+](=O)[O-]. The summed E-state index contributed by atoms with van der Waals surface area (Å²) in [4.78, 5) is 45.9. The number of nitrogens with zero attached hydrogens (tertiary/aromatic N) is 2. The minimum absolute atomic E-state index is 0.156. The van der Waals surface area contributed by atoms with Crippen LogP contribution in [0.5, 0.6) is 0 Å². The van der Waals surface area contributed by atoms with Crippen molar-refractivity contribution in [2.24, 2.45) is 0 Å². The van der Waals surface area contributed by atoms with Gasteiger partial charge in [-0.25, -0.2) is 0 Å². The fourth-order valence-corrected chi connectivity index (χ4v) is 1.68. The van der Waals surface area contributed by atoms with Crippen LogP contribution in [0.3, 0.4) is 0 Å². The zero-order chi connectivity index (χ0) is 17.4. The van der Waals surface area contributed by atoms with Crippen molar-refractivity contribution >= 4 is 23.5 Å². The number of rotatable bonds is 7. The second-order valence-corrected chi connectivity index (χ2v) is 4.65. The first-order chi connectivity index (χ1) is 10.8. The molecule has 0 aliphatic rings. The van der Waals surface area contributed by atoms with Crippen molar-refractivity contribution in [1.29, 1.82) is 0 Å². The Bertz CT molecular complexity index is 616. The number of esters is 1. The Labute approximate surface area is 132 Å². The molecule has 1 N–H and O–H groups in total. The third-order valence-electron chi connectivity index (χ3n) is 2.97. The Hall–Kier alpha value is -2.97. The van der Waals surface area contributed by atoms with Gasteiger partial charge in [-0.3, -0.25) is 24.5 Å². The maximum Gasteiger partial charge on any atom is 0.311 e. The number of nitrogens with one attached hydrogen (secondary N) is 1. The number of likely N-dealkylation sites (N-methyl/N-ethyl adjacent to an activating group) is 2. The molecule has 9 nitrogen and oxygen atoms in total. The maximum atomic E-state index is 11.7. The van der Waals surface area contributed by atoms with Crippen LogP contribution in [0, 0.1) is 10.1 Å². The molecule has 9 heteroatoms. The topological polar surface area (TPSA) is 119 Å². The van der Waals surface area contributed by atoms with Gasteiger partial charge in [0, 0.05) is 25.7 Å². The third kappa shape index (κ3) is 5.73. The van der Waals surface area contributed by atoms with Gasteiger partial charge in [-0.15, -0.1) is 0 Å². The third-order valence-corrected chi connectivity index (χ3v) is 2.97. The molecule has 0 aliphatic heterocycles. The highest BCUT2D eigenvalue weighted by Crippen LogP contribution is 2.18. The van der Waals surface area contributed by atoms with E-state index in [9.17, 15) is 24.5 Å². The molecule has 23 heavy (non-hydrogen) atoms. The molecule has 0 radical (unpaired) electrons. The van der Waals surface area contributed by atoms with Gasteiger partial charge in [-0.2, -0.15) is 0 Å². The lowest BCUT2D eigenvalue weighted by atomic mass is 10.1. The summed E-state index contributed by atoms with van der Waals surface area (Å²) in [5.41, 5.74) is 0.0150. The highest BCUT2D eigenvalue weighted by Gasteiger charge is 2.18. The van der Waals surface area contributed by atoms with Crippen molar-refractivity contribution in [3.63, 3.8) is 0 Å². The molecule has 1 aromatic rings. The summed E-state index contributed by atoms with van der Waals surface area (Å²) in [5, 5.41) is 13.2. The molecule has 0 atom stereocenters. The molecule has 1 rings (SSSR count). The van der Waals surface area contributed by atoms with E-state index in [0.29, 0.717) is 0 Å². The predicted molar refractivity (Wildman–Crippen MR) is 79.5 cm³/mol. The molecule has 0 fully saturated rings. The van der Waals surface area contributed by atoms with Crippen molar-refractivity contribution in [3.05, 3.63) is 39.9 Å². The highest BCUT2D eigenvalue weighted by molar-refractivity contribution is 5.86. The monoisotopic (exact) mass is 323 g/mol. The fourth-order valence-electron chi connectivity index (χ4n) is 1.68. The molecule has 0 spiro atoms. The van der Waals surface area contributed by atoms with E-state index in [2.05, 4.69) is 5.32 Å². The number of carbonyl (C=O) groups is 3. The Kier molecular flexibility index (Phi) is 6.66. The summed E-state index contributed by atoms with van der Waals surface area (Å²) in [5.74, 6) is -1.67. The normalized spacial score (nSPS) is 9.83. The Morgan fingerprint density at radius 2 is 1.96 bits per heavy atom. The summed E-state index contributed by atoms with van der Waals surface area (Å²) in [6.07, 6.45) is -0.316. The van der Waals surface area contributed by atoms with Crippen molar-refractivity contribution in [2.45, 2.75) is 6.42 Å². The maximum absolute atomic E-state index is 11.7. The predicted octanol–water partition coefficient (Wildman–Crippen LogP) is -0.115. The van der Waals surface area contributed by atoms with Crippen molar-refractivity contribution < 1.29 is 24.0 Å². The van der Waals surface area contributed by atoms with Crippen molar-refractivity contribution in [2.75, 3.05) is 27.2 Å². The van der Waals surface area contributed by atoms with Crippen molar-refractivity contribution in [3.8, 4) is 0 Å². The van der Waals surface area contributed by atoms with Crippen LogP contribution in [-0.2, 0) is 25.5 Å². The van der Waals surface area contributed by atoms with Crippen LogP contribution in [0.1, 0.15) is 5.56 Å². The van der Waals surface area contributed by atoms with Gasteiger partial charge >= 0.3 is 5.97 Å². The Morgan fingerprint density at radius 1 is 1.30 bits per heavy atom. The van der Waals surface area contributed by atoms with Gasteiger partial charge < -0.3 is 15.0 Å². The van der Waals surface area contributed by atoms with E-state index in [-0.39, 0.29) is 30.1 Å². The summed E-state index contributed by atoms with van der Waals surface area (Å²) in [6, 6.07) is 5.78. The Balaban J connectivity index is 2.53. The molecule has 0 bridgehead atoms. The van der Waals surface area contributed by atoms with Crippen molar-refractivity contribution in [1.82, 2.24) is 10.2 Å². The van der Waals surface area contributed by atoms with E-state index in [0.717, 1.165) is 4.90 Å². The zero-order valence-corrected chi connectivity index (χ0v) is 12.8. The van der Waals surface area contributed by atoms with Gasteiger partial charge in [0.05, 0.1) is 17.9 Å². The summed E-state index contributed by atoms with van der Waals surface area (Å²) < 4.78 is 4.79. The fraction of sp³-hybridized carbons (Fsp3) is 0.357. The van der Waals surface area contributed by atoms with Gasteiger partial charge in [0.25, 0.3) is 11.6 Å². The number of para-hydroxylation sites is 1. The minimum Gasteiger partial charge on any atom is -0.455 e. The van der Waals surface area contributed by atoms with E-state index >= 15 is 0 Å². The van der Waals surface area contributed by atoms with E-state index in [1.807, 2.05) is 0 Å². The van der Waals surface area contributed by atoms with E-state index in [4.69, 9.17) is 4.74 Å². The van der Waals surface area contributed by atoms with Crippen LogP contribution < -0.4 is 5.32 Å².